The van der Waals surface area contributed by atoms with E-state index in [1.165, 1.54) is 24.4 Å². The molecule has 0 unspecified atom stereocenters. The van der Waals surface area contributed by atoms with Crippen LogP contribution < -0.4 is 0 Å². The number of aromatic nitrogens is 3. The van der Waals surface area contributed by atoms with Gasteiger partial charge in [0.15, 0.2) is 5.16 Å². The molecule has 3 rings (SSSR count). The second-order valence-electron chi connectivity index (χ2n) is 5.25. The smallest absolute Gasteiger partial charge is 0.373 e. The van der Waals surface area contributed by atoms with E-state index in [2.05, 4.69) is 21.0 Å². The molecule has 3 aromatic rings. The SMILES string of the molecule is COC(=O)c1ccc(CSc2nnc(C)n2-c2cccc(C)c2)o1. The average molecular weight is 343 g/mol. The van der Waals surface area contributed by atoms with Crippen LogP contribution in [0.15, 0.2) is 46.0 Å². The molecule has 0 fully saturated rings. The highest BCUT2D eigenvalue weighted by molar-refractivity contribution is 7.98. The Bertz CT molecular complexity index is 870. The standard InChI is InChI=1S/C17H17N3O3S/c1-11-5-4-6-13(9-11)20-12(2)18-19-17(20)24-10-14-7-8-15(23-14)16(21)22-3/h4-9H,10H2,1-3H3. The Balaban J connectivity index is 1.79. The number of thioether (sulfide) groups is 1. The lowest BCUT2D eigenvalue weighted by Crippen LogP contribution is -1.99. The molecule has 0 aliphatic heterocycles. The van der Waals surface area contributed by atoms with Crippen molar-refractivity contribution in [3.8, 4) is 5.69 Å². The topological polar surface area (TPSA) is 70.2 Å². The minimum absolute atomic E-state index is 0.199. The van der Waals surface area contributed by atoms with Gasteiger partial charge in [-0.05, 0) is 43.7 Å². The summed E-state index contributed by atoms with van der Waals surface area (Å²) in [7, 11) is 1.33. The largest absolute Gasteiger partial charge is 0.463 e. The first kappa shape index (κ1) is 16.3. The van der Waals surface area contributed by atoms with Crippen LogP contribution in [0, 0.1) is 13.8 Å². The molecule has 6 nitrogen and oxygen atoms in total. The highest BCUT2D eigenvalue weighted by Crippen LogP contribution is 2.26. The van der Waals surface area contributed by atoms with Gasteiger partial charge in [-0.25, -0.2) is 4.79 Å². The second kappa shape index (κ2) is 6.92. The molecular formula is C17H17N3O3S. The van der Waals surface area contributed by atoms with E-state index in [9.17, 15) is 4.79 Å². The first-order valence-corrected chi connectivity index (χ1v) is 8.36. The highest BCUT2D eigenvalue weighted by Gasteiger charge is 2.15. The number of nitrogens with zero attached hydrogens (tertiary/aromatic N) is 3. The number of hydrogen-bond acceptors (Lipinski definition) is 6. The molecule has 0 aliphatic carbocycles. The first-order valence-electron chi connectivity index (χ1n) is 7.37. The predicted octanol–water partition coefficient (Wildman–Crippen LogP) is 3.56. The molecule has 1 aromatic carbocycles. The maximum Gasteiger partial charge on any atom is 0.373 e. The number of methoxy groups -OCH3 is 1. The van der Waals surface area contributed by atoms with Crippen LogP contribution in [-0.2, 0) is 10.5 Å². The lowest BCUT2D eigenvalue weighted by molar-refractivity contribution is 0.0563. The van der Waals surface area contributed by atoms with Crippen LogP contribution in [0.25, 0.3) is 5.69 Å². The van der Waals surface area contributed by atoms with E-state index < -0.39 is 5.97 Å². The summed E-state index contributed by atoms with van der Waals surface area (Å²) in [5.41, 5.74) is 2.19. The Labute approximate surface area is 143 Å². The number of aryl methyl sites for hydroxylation is 2. The van der Waals surface area contributed by atoms with E-state index in [-0.39, 0.29) is 5.76 Å². The molecule has 24 heavy (non-hydrogen) atoms. The third-order valence-corrected chi connectivity index (χ3v) is 4.40. The number of furan rings is 1. The van der Waals surface area contributed by atoms with Gasteiger partial charge in [0.2, 0.25) is 5.76 Å². The zero-order chi connectivity index (χ0) is 17.1. The zero-order valence-corrected chi connectivity index (χ0v) is 14.5. The fraction of sp³-hybridized carbons (Fsp3) is 0.235. The third-order valence-electron chi connectivity index (χ3n) is 3.45. The van der Waals surface area contributed by atoms with Gasteiger partial charge in [-0.15, -0.1) is 10.2 Å². The maximum absolute atomic E-state index is 11.4. The lowest BCUT2D eigenvalue weighted by Gasteiger charge is -2.08. The molecule has 7 heteroatoms. The number of rotatable bonds is 5. The van der Waals surface area contributed by atoms with Gasteiger partial charge in [0.1, 0.15) is 11.6 Å². The van der Waals surface area contributed by atoms with E-state index in [4.69, 9.17) is 4.42 Å². The molecule has 0 aliphatic rings. The minimum Gasteiger partial charge on any atom is -0.463 e. The van der Waals surface area contributed by atoms with Gasteiger partial charge in [0, 0.05) is 5.69 Å². The summed E-state index contributed by atoms with van der Waals surface area (Å²) in [5, 5.41) is 9.18. The van der Waals surface area contributed by atoms with Crippen molar-refractivity contribution >= 4 is 17.7 Å². The van der Waals surface area contributed by atoms with E-state index in [0.29, 0.717) is 11.5 Å². The lowest BCUT2D eigenvalue weighted by atomic mass is 10.2. The monoisotopic (exact) mass is 343 g/mol. The van der Waals surface area contributed by atoms with Gasteiger partial charge < -0.3 is 9.15 Å². The Kier molecular flexibility index (Phi) is 4.71. The molecule has 0 radical (unpaired) electrons. The minimum atomic E-state index is -0.481. The molecule has 0 spiro atoms. The Morgan fingerprint density at radius 2 is 2.08 bits per heavy atom. The van der Waals surface area contributed by atoms with Gasteiger partial charge >= 0.3 is 5.97 Å². The average Bonchev–Trinajstić information content (AvgIpc) is 3.19. The van der Waals surface area contributed by atoms with Gasteiger partial charge in [-0.1, -0.05) is 23.9 Å². The van der Waals surface area contributed by atoms with Crippen LogP contribution in [0.4, 0.5) is 0 Å². The van der Waals surface area contributed by atoms with Crippen LogP contribution in [-0.4, -0.2) is 27.8 Å². The molecule has 0 N–H and O–H groups in total. The van der Waals surface area contributed by atoms with Crippen LogP contribution in [0.5, 0.6) is 0 Å². The predicted molar refractivity (Wildman–Crippen MR) is 90.4 cm³/mol. The summed E-state index contributed by atoms with van der Waals surface area (Å²) in [6, 6.07) is 11.5. The van der Waals surface area contributed by atoms with Crippen molar-refractivity contribution < 1.29 is 13.9 Å². The first-order chi connectivity index (χ1) is 11.6. The van der Waals surface area contributed by atoms with Crippen molar-refractivity contribution in [1.82, 2.24) is 14.8 Å². The summed E-state index contributed by atoms with van der Waals surface area (Å²) in [4.78, 5) is 11.4. The third kappa shape index (κ3) is 3.35. The molecule has 0 amide bonds. The Hall–Kier alpha value is -2.54. The van der Waals surface area contributed by atoms with Crippen molar-refractivity contribution in [2.75, 3.05) is 7.11 Å². The van der Waals surface area contributed by atoms with Gasteiger partial charge in [0.05, 0.1) is 12.9 Å². The number of benzene rings is 1. The number of ether oxygens (including phenoxy) is 1. The highest BCUT2D eigenvalue weighted by atomic mass is 32.2. The molecular weight excluding hydrogens is 326 g/mol. The molecule has 0 atom stereocenters. The maximum atomic E-state index is 11.4. The number of carbonyl (C=O) groups is 1. The van der Waals surface area contributed by atoms with Crippen molar-refractivity contribution in [1.29, 1.82) is 0 Å². The zero-order valence-electron chi connectivity index (χ0n) is 13.6. The Morgan fingerprint density at radius 1 is 1.25 bits per heavy atom. The van der Waals surface area contributed by atoms with E-state index in [1.807, 2.05) is 36.6 Å². The van der Waals surface area contributed by atoms with E-state index >= 15 is 0 Å². The summed E-state index contributed by atoms with van der Waals surface area (Å²) >= 11 is 1.50. The number of esters is 1. The van der Waals surface area contributed by atoms with E-state index in [1.54, 1.807) is 12.1 Å². The van der Waals surface area contributed by atoms with Crippen molar-refractivity contribution in [2.45, 2.75) is 24.8 Å². The summed E-state index contributed by atoms with van der Waals surface area (Å²) in [6.07, 6.45) is 0. The quantitative estimate of drug-likeness (QED) is 0.521. The Morgan fingerprint density at radius 3 is 2.83 bits per heavy atom. The van der Waals surface area contributed by atoms with E-state index in [0.717, 1.165) is 16.7 Å². The molecule has 0 bridgehead atoms. The van der Waals surface area contributed by atoms with Crippen LogP contribution >= 0.6 is 11.8 Å². The van der Waals surface area contributed by atoms with Gasteiger partial charge in [0.25, 0.3) is 0 Å². The summed E-state index contributed by atoms with van der Waals surface area (Å²) < 4.78 is 12.1. The number of hydrogen-bond donors (Lipinski definition) is 0. The molecule has 0 saturated heterocycles. The van der Waals surface area contributed by atoms with Crippen molar-refractivity contribution in [3.63, 3.8) is 0 Å². The van der Waals surface area contributed by atoms with Crippen LogP contribution in [0.2, 0.25) is 0 Å². The van der Waals surface area contributed by atoms with Crippen molar-refractivity contribution in [2.24, 2.45) is 0 Å². The van der Waals surface area contributed by atoms with Crippen LogP contribution in [0.3, 0.4) is 0 Å². The second-order valence-corrected chi connectivity index (χ2v) is 6.19. The van der Waals surface area contributed by atoms with Crippen LogP contribution in [0.1, 0.15) is 27.7 Å². The van der Waals surface area contributed by atoms with Crippen molar-refractivity contribution in [3.05, 3.63) is 59.3 Å². The normalized spacial score (nSPS) is 10.8. The molecule has 2 heterocycles. The summed E-state index contributed by atoms with van der Waals surface area (Å²) in [6.45, 7) is 3.97. The number of carbonyl (C=O) groups excluding carboxylic acids is 1. The molecule has 124 valence electrons. The molecule has 0 saturated carbocycles. The van der Waals surface area contributed by atoms with Gasteiger partial charge in [-0.3, -0.25) is 4.57 Å². The van der Waals surface area contributed by atoms with Gasteiger partial charge in [-0.2, -0.15) is 0 Å². The summed E-state index contributed by atoms with van der Waals surface area (Å²) in [5.74, 6) is 1.75. The fourth-order valence-electron chi connectivity index (χ4n) is 2.30. The fourth-order valence-corrected chi connectivity index (χ4v) is 3.19. The molecule has 2 aromatic heterocycles.